The summed E-state index contributed by atoms with van der Waals surface area (Å²) in [6.45, 7) is 3.90. The Morgan fingerprint density at radius 2 is 1.67 bits per heavy atom. The molecule has 3 amide bonds. The summed E-state index contributed by atoms with van der Waals surface area (Å²) in [6, 6.07) is 12.0. The number of nitro groups is 1. The Morgan fingerprint density at radius 1 is 1.04 bits per heavy atom. The predicted molar refractivity (Wildman–Crippen MR) is 99.4 cm³/mol. The molecule has 2 aromatic carbocycles. The van der Waals surface area contributed by atoms with Gasteiger partial charge in [0.05, 0.1) is 4.92 Å². The molecule has 0 heterocycles. The van der Waals surface area contributed by atoms with Gasteiger partial charge in [0.25, 0.3) is 11.6 Å². The minimum Gasteiger partial charge on any atom is -0.484 e. The van der Waals surface area contributed by atoms with Crippen LogP contribution in [0.4, 0.5) is 16.2 Å². The van der Waals surface area contributed by atoms with Gasteiger partial charge in [0.15, 0.2) is 6.61 Å². The summed E-state index contributed by atoms with van der Waals surface area (Å²) in [5, 5.41) is 13.0. The highest BCUT2D eigenvalue weighted by Gasteiger charge is 2.08. The molecule has 2 rings (SSSR count). The second-order valence-electron chi connectivity index (χ2n) is 5.94. The maximum absolute atomic E-state index is 11.7. The number of anilines is 1. The summed E-state index contributed by atoms with van der Waals surface area (Å²) in [7, 11) is 0. The van der Waals surface area contributed by atoms with E-state index in [9.17, 15) is 19.7 Å². The van der Waals surface area contributed by atoms with Crippen molar-refractivity contribution in [3.8, 4) is 5.75 Å². The number of carbonyl (C=O) groups is 2. The van der Waals surface area contributed by atoms with Crippen molar-refractivity contribution in [3.63, 3.8) is 0 Å². The van der Waals surface area contributed by atoms with Gasteiger partial charge in [0, 0.05) is 17.8 Å². The van der Waals surface area contributed by atoms with Crippen LogP contribution in [0, 0.1) is 10.1 Å². The number of hydrazine groups is 1. The molecular weight excluding hydrogens is 352 g/mol. The van der Waals surface area contributed by atoms with Crippen LogP contribution in [0.3, 0.4) is 0 Å². The van der Waals surface area contributed by atoms with Gasteiger partial charge in [0.2, 0.25) is 0 Å². The molecule has 0 aliphatic rings. The van der Waals surface area contributed by atoms with E-state index in [1.807, 2.05) is 12.1 Å². The van der Waals surface area contributed by atoms with Crippen LogP contribution in [-0.4, -0.2) is 23.5 Å². The number of carbonyl (C=O) groups excluding carboxylic acids is 2. The van der Waals surface area contributed by atoms with Crippen LogP contribution in [0.5, 0.6) is 5.75 Å². The molecule has 0 atom stereocenters. The van der Waals surface area contributed by atoms with Gasteiger partial charge in [0.1, 0.15) is 5.75 Å². The fourth-order valence-electron chi connectivity index (χ4n) is 2.09. The molecular formula is C18H20N4O5. The van der Waals surface area contributed by atoms with E-state index in [1.165, 1.54) is 24.3 Å². The number of urea groups is 1. The average Bonchev–Trinajstić information content (AvgIpc) is 2.65. The number of hydrogen-bond acceptors (Lipinski definition) is 5. The molecule has 142 valence electrons. The van der Waals surface area contributed by atoms with Crippen molar-refractivity contribution in [1.82, 2.24) is 10.9 Å². The van der Waals surface area contributed by atoms with Gasteiger partial charge in [-0.3, -0.25) is 20.3 Å². The smallest absolute Gasteiger partial charge is 0.337 e. The molecule has 0 fully saturated rings. The molecule has 27 heavy (non-hydrogen) atoms. The molecule has 0 saturated carbocycles. The third kappa shape index (κ3) is 6.31. The maximum Gasteiger partial charge on any atom is 0.337 e. The number of rotatable bonds is 6. The van der Waals surface area contributed by atoms with Crippen LogP contribution in [0.15, 0.2) is 48.5 Å². The van der Waals surface area contributed by atoms with Crippen molar-refractivity contribution in [2.75, 3.05) is 11.9 Å². The largest absolute Gasteiger partial charge is 0.484 e. The third-order valence-electron chi connectivity index (χ3n) is 3.57. The highest BCUT2D eigenvalue weighted by molar-refractivity contribution is 5.91. The summed E-state index contributed by atoms with van der Waals surface area (Å²) >= 11 is 0. The molecule has 3 N–H and O–H groups in total. The topological polar surface area (TPSA) is 123 Å². The van der Waals surface area contributed by atoms with Crippen molar-refractivity contribution >= 4 is 23.3 Å². The molecule has 0 spiro atoms. The lowest BCUT2D eigenvalue weighted by Crippen LogP contribution is -2.45. The minimum absolute atomic E-state index is 0.0900. The quantitative estimate of drug-likeness (QED) is 0.531. The van der Waals surface area contributed by atoms with Crippen molar-refractivity contribution in [1.29, 1.82) is 0 Å². The van der Waals surface area contributed by atoms with Crippen LogP contribution < -0.4 is 20.9 Å². The Kier molecular flexibility index (Phi) is 6.70. The number of nitrogens with one attached hydrogen (secondary N) is 3. The minimum atomic E-state index is -0.696. The molecule has 0 aliphatic carbocycles. The third-order valence-corrected chi connectivity index (χ3v) is 3.57. The SMILES string of the molecule is CC(C)c1ccc(OCC(=O)NNC(=O)Nc2ccc([N+](=O)[O-])cc2)cc1. The average molecular weight is 372 g/mol. The Bertz CT molecular complexity index is 804. The van der Waals surface area contributed by atoms with Gasteiger partial charge in [-0.2, -0.15) is 0 Å². The van der Waals surface area contributed by atoms with Gasteiger partial charge in [-0.1, -0.05) is 26.0 Å². The molecule has 0 aromatic heterocycles. The highest BCUT2D eigenvalue weighted by atomic mass is 16.6. The summed E-state index contributed by atoms with van der Waals surface area (Å²) in [6.07, 6.45) is 0. The number of ether oxygens (including phenoxy) is 1. The highest BCUT2D eigenvalue weighted by Crippen LogP contribution is 2.18. The van der Waals surface area contributed by atoms with Crippen molar-refractivity contribution in [2.24, 2.45) is 0 Å². The van der Waals surface area contributed by atoms with E-state index in [0.29, 0.717) is 17.4 Å². The molecule has 0 saturated heterocycles. The van der Waals surface area contributed by atoms with Gasteiger partial charge in [-0.15, -0.1) is 0 Å². The first-order chi connectivity index (χ1) is 12.8. The number of amides is 3. The fourth-order valence-corrected chi connectivity index (χ4v) is 2.09. The van der Waals surface area contributed by atoms with E-state index >= 15 is 0 Å². The number of nitrogens with zero attached hydrogens (tertiary/aromatic N) is 1. The van der Waals surface area contributed by atoms with E-state index in [4.69, 9.17) is 4.74 Å². The van der Waals surface area contributed by atoms with E-state index in [1.54, 1.807) is 12.1 Å². The first kappa shape index (κ1) is 19.7. The van der Waals surface area contributed by atoms with Gasteiger partial charge in [-0.25, -0.2) is 10.2 Å². The van der Waals surface area contributed by atoms with Crippen LogP contribution >= 0.6 is 0 Å². The fraction of sp³-hybridized carbons (Fsp3) is 0.222. The maximum atomic E-state index is 11.7. The van der Waals surface area contributed by atoms with Crippen molar-refractivity contribution < 1.29 is 19.2 Å². The molecule has 0 bridgehead atoms. The summed E-state index contributed by atoms with van der Waals surface area (Å²) in [5.41, 5.74) is 5.78. The number of benzene rings is 2. The molecule has 0 radical (unpaired) electrons. The van der Waals surface area contributed by atoms with Crippen molar-refractivity contribution in [2.45, 2.75) is 19.8 Å². The second-order valence-corrected chi connectivity index (χ2v) is 5.94. The molecule has 9 heteroatoms. The Labute approximate surface area is 155 Å². The monoisotopic (exact) mass is 372 g/mol. The Hall–Kier alpha value is -3.62. The van der Waals surface area contributed by atoms with Crippen LogP contribution in [0.25, 0.3) is 0 Å². The first-order valence-electron chi connectivity index (χ1n) is 8.18. The lowest BCUT2D eigenvalue weighted by Gasteiger charge is -2.10. The predicted octanol–water partition coefficient (Wildman–Crippen LogP) is 2.95. The van der Waals surface area contributed by atoms with E-state index in [-0.39, 0.29) is 12.3 Å². The van der Waals surface area contributed by atoms with E-state index < -0.39 is 16.9 Å². The summed E-state index contributed by atoms with van der Waals surface area (Å²) in [5.74, 6) is 0.410. The second kappa shape index (κ2) is 9.18. The molecule has 9 nitrogen and oxygen atoms in total. The van der Waals surface area contributed by atoms with Crippen molar-refractivity contribution in [3.05, 3.63) is 64.2 Å². The number of non-ortho nitro benzene ring substituents is 1. The zero-order chi connectivity index (χ0) is 19.8. The summed E-state index contributed by atoms with van der Waals surface area (Å²) < 4.78 is 5.34. The zero-order valence-electron chi connectivity index (χ0n) is 14.9. The van der Waals surface area contributed by atoms with Gasteiger partial charge in [-0.05, 0) is 35.7 Å². The van der Waals surface area contributed by atoms with Crippen LogP contribution in [0.2, 0.25) is 0 Å². The lowest BCUT2D eigenvalue weighted by molar-refractivity contribution is -0.384. The zero-order valence-corrected chi connectivity index (χ0v) is 14.9. The standard InChI is InChI=1S/C18H20N4O5/c1-12(2)13-3-9-16(10-4-13)27-11-17(23)20-21-18(24)19-14-5-7-15(8-6-14)22(25)26/h3-10,12H,11H2,1-2H3,(H,20,23)(H2,19,21,24). The molecule has 0 unspecified atom stereocenters. The number of nitro benzene ring substituents is 1. The van der Waals surface area contributed by atoms with E-state index in [0.717, 1.165) is 5.56 Å². The van der Waals surface area contributed by atoms with Crippen LogP contribution in [0.1, 0.15) is 25.3 Å². The lowest BCUT2D eigenvalue weighted by atomic mass is 10.0. The van der Waals surface area contributed by atoms with E-state index in [2.05, 4.69) is 30.0 Å². The summed E-state index contributed by atoms with van der Waals surface area (Å²) in [4.78, 5) is 33.4. The van der Waals surface area contributed by atoms with Gasteiger partial charge < -0.3 is 10.1 Å². The normalized spacial score (nSPS) is 10.2. The first-order valence-corrected chi connectivity index (χ1v) is 8.18. The molecule has 0 aliphatic heterocycles. The van der Waals surface area contributed by atoms with Crippen LogP contribution in [-0.2, 0) is 4.79 Å². The van der Waals surface area contributed by atoms with Gasteiger partial charge >= 0.3 is 6.03 Å². The Balaban J connectivity index is 1.72. The number of hydrogen-bond donors (Lipinski definition) is 3. The molecule has 2 aromatic rings. The Morgan fingerprint density at radius 3 is 2.22 bits per heavy atom.